The van der Waals surface area contributed by atoms with E-state index in [0.717, 1.165) is 21.2 Å². The van der Waals surface area contributed by atoms with Crippen molar-refractivity contribution in [1.29, 1.82) is 0 Å². The van der Waals surface area contributed by atoms with Crippen LogP contribution in [-0.2, 0) is 10.0 Å². The third kappa shape index (κ3) is 3.11. The molecule has 0 saturated heterocycles. The Kier molecular flexibility index (Phi) is 3.90. The average Bonchev–Trinajstić information content (AvgIpc) is 2.84. The van der Waals surface area contributed by atoms with E-state index in [9.17, 15) is 8.42 Å². The molecule has 104 valence electrons. The second kappa shape index (κ2) is 5.16. The molecule has 0 saturated carbocycles. The highest BCUT2D eigenvalue weighted by molar-refractivity contribution is 7.91. The Bertz CT molecular complexity index is 689. The monoisotopic (exact) mass is 318 g/mol. The number of nitrogens with one attached hydrogen (secondary N) is 1. The zero-order valence-electron chi connectivity index (χ0n) is 10.7. The topological polar surface area (TPSA) is 98.0 Å². The number of hydrogen-bond donors (Lipinski definition) is 2. The highest BCUT2D eigenvalue weighted by Gasteiger charge is 2.24. The minimum absolute atomic E-state index is 0.158. The summed E-state index contributed by atoms with van der Waals surface area (Å²) in [6.45, 7) is 5.31. The lowest BCUT2D eigenvalue weighted by atomic mass is 10.4. The number of anilines is 1. The largest absolute Gasteiger partial charge is 0.375 e. The fourth-order valence-electron chi connectivity index (χ4n) is 1.56. The summed E-state index contributed by atoms with van der Waals surface area (Å²) in [6, 6.07) is -0.383. The molecule has 3 N–H and O–H groups in total. The molecular weight excluding hydrogens is 304 g/mol. The SMILES string of the molecule is Cc1cnc(C(C)NS(=O)(=O)c2sc(N)nc2C)s1. The van der Waals surface area contributed by atoms with E-state index in [1.807, 2.05) is 6.92 Å². The van der Waals surface area contributed by atoms with Gasteiger partial charge in [-0.1, -0.05) is 11.3 Å². The van der Waals surface area contributed by atoms with Gasteiger partial charge in [-0.15, -0.1) is 11.3 Å². The molecule has 2 aromatic rings. The Hall–Kier alpha value is -1.03. The van der Waals surface area contributed by atoms with Crippen LogP contribution >= 0.6 is 22.7 Å². The second-order valence-electron chi connectivity index (χ2n) is 4.08. The number of aromatic nitrogens is 2. The van der Waals surface area contributed by atoms with Gasteiger partial charge in [0, 0.05) is 11.1 Å². The summed E-state index contributed by atoms with van der Waals surface area (Å²) in [6.07, 6.45) is 1.72. The molecule has 0 aliphatic heterocycles. The van der Waals surface area contributed by atoms with Crippen molar-refractivity contribution in [3.8, 4) is 0 Å². The summed E-state index contributed by atoms with van der Waals surface area (Å²) in [7, 11) is -3.62. The van der Waals surface area contributed by atoms with Crippen LogP contribution in [0.3, 0.4) is 0 Å². The first kappa shape index (κ1) is 14.4. The Morgan fingerprint density at radius 3 is 2.53 bits per heavy atom. The lowest BCUT2D eigenvalue weighted by molar-refractivity contribution is 0.567. The lowest BCUT2D eigenvalue weighted by Crippen LogP contribution is -2.26. The van der Waals surface area contributed by atoms with Gasteiger partial charge in [0.1, 0.15) is 5.01 Å². The van der Waals surface area contributed by atoms with Gasteiger partial charge in [0.15, 0.2) is 9.34 Å². The van der Waals surface area contributed by atoms with E-state index in [4.69, 9.17) is 5.73 Å². The number of aryl methyl sites for hydroxylation is 2. The summed E-state index contributed by atoms with van der Waals surface area (Å²) in [5, 5.41) is 0.979. The van der Waals surface area contributed by atoms with Gasteiger partial charge in [0.25, 0.3) is 10.0 Å². The maximum Gasteiger partial charge on any atom is 0.252 e. The molecule has 2 rings (SSSR count). The smallest absolute Gasteiger partial charge is 0.252 e. The predicted octanol–water partition coefficient (Wildman–Crippen LogP) is 1.84. The van der Waals surface area contributed by atoms with Crippen LogP contribution in [0, 0.1) is 13.8 Å². The number of sulfonamides is 1. The number of nitrogens with zero attached hydrogens (tertiary/aromatic N) is 2. The molecule has 0 bridgehead atoms. The van der Waals surface area contributed by atoms with E-state index in [-0.39, 0.29) is 15.4 Å². The number of rotatable bonds is 4. The van der Waals surface area contributed by atoms with E-state index in [0.29, 0.717) is 5.69 Å². The number of nitrogens with two attached hydrogens (primary N) is 1. The fraction of sp³-hybridized carbons (Fsp3) is 0.400. The number of thiazole rings is 2. The molecule has 0 aliphatic carbocycles. The minimum Gasteiger partial charge on any atom is -0.375 e. The highest BCUT2D eigenvalue weighted by Crippen LogP contribution is 2.27. The van der Waals surface area contributed by atoms with Gasteiger partial charge in [-0.2, -0.15) is 0 Å². The van der Waals surface area contributed by atoms with E-state index >= 15 is 0 Å². The second-order valence-corrected chi connectivity index (χ2v) is 8.28. The number of hydrogen-bond acceptors (Lipinski definition) is 7. The molecule has 0 aromatic carbocycles. The third-order valence-corrected chi connectivity index (χ3v) is 6.59. The van der Waals surface area contributed by atoms with Crippen molar-refractivity contribution in [3.05, 3.63) is 21.8 Å². The Labute approximate surface area is 119 Å². The van der Waals surface area contributed by atoms with Crippen molar-refractivity contribution in [2.75, 3.05) is 5.73 Å². The van der Waals surface area contributed by atoms with Crippen LogP contribution in [0.15, 0.2) is 10.4 Å². The van der Waals surface area contributed by atoms with Crippen LogP contribution in [0.25, 0.3) is 0 Å². The molecule has 1 unspecified atom stereocenters. The van der Waals surface area contributed by atoms with Gasteiger partial charge in [-0.25, -0.2) is 23.1 Å². The molecular formula is C10H14N4O2S3. The molecule has 0 radical (unpaired) electrons. The molecule has 6 nitrogen and oxygen atoms in total. The molecule has 19 heavy (non-hydrogen) atoms. The Balaban J connectivity index is 2.24. The van der Waals surface area contributed by atoms with Crippen molar-refractivity contribution in [2.45, 2.75) is 31.0 Å². The first-order valence-electron chi connectivity index (χ1n) is 5.47. The van der Waals surface area contributed by atoms with Gasteiger partial charge in [0.05, 0.1) is 11.7 Å². The van der Waals surface area contributed by atoms with Crippen LogP contribution in [0.1, 0.15) is 28.5 Å². The van der Waals surface area contributed by atoms with Crippen LogP contribution in [0.4, 0.5) is 5.13 Å². The van der Waals surface area contributed by atoms with Gasteiger partial charge in [-0.3, -0.25) is 0 Å². The Morgan fingerprint density at radius 2 is 2.05 bits per heavy atom. The van der Waals surface area contributed by atoms with Crippen molar-refractivity contribution in [2.24, 2.45) is 0 Å². The quantitative estimate of drug-likeness (QED) is 0.896. The molecule has 0 aliphatic rings. The zero-order chi connectivity index (χ0) is 14.2. The summed E-state index contributed by atoms with van der Waals surface area (Å²) in [5.74, 6) is 0. The van der Waals surface area contributed by atoms with Crippen molar-refractivity contribution in [3.63, 3.8) is 0 Å². The van der Waals surface area contributed by atoms with Crippen molar-refractivity contribution >= 4 is 37.8 Å². The maximum atomic E-state index is 12.2. The van der Waals surface area contributed by atoms with E-state index in [1.54, 1.807) is 20.0 Å². The van der Waals surface area contributed by atoms with Gasteiger partial charge < -0.3 is 5.73 Å². The van der Waals surface area contributed by atoms with Gasteiger partial charge >= 0.3 is 0 Å². The minimum atomic E-state index is -3.62. The average molecular weight is 318 g/mol. The number of nitrogen functional groups attached to an aromatic ring is 1. The third-order valence-electron chi connectivity index (χ3n) is 2.36. The zero-order valence-corrected chi connectivity index (χ0v) is 13.1. The lowest BCUT2D eigenvalue weighted by Gasteiger charge is -2.10. The molecule has 2 heterocycles. The summed E-state index contributed by atoms with van der Waals surface area (Å²) in [5.41, 5.74) is 5.94. The van der Waals surface area contributed by atoms with E-state index in [1.165, 1.54) is 11.3 Å². The highest BCUT2D eigenvalue weighted by atomic mass is 32.2. The van der Waals surface area contributed by atoms with Crippen LogP contribution < -0.4 is 10.5 Å². The molecule has 0 spiro atoms. The van der Waals surface area contributed by atoms with E-state index in [2.05, 4.69) is 14.7 Å². The van der Waals surface area contributed by atoms with E-state index < -0.39 is 10.0 Å². The predicted molar refractivity (Wildman–Crippen MR) is 76.9 cm³/mol. The van der Waals surface area contributed by atoms with Crippen LogP contribution in [0.2, 0.25) is 0 Å². The van der Waals surface area contributed by atoms with Gasteiger partial charge in [0.2, 0.25) is 0 Å². The van der Waals surface area contributed by atoms with Crippen molar-refractivity contribution < 1.29 is 8.42 Å². The summed E-state index contributed by atoms with van der Waals surface area (Å²) >= 11 is 2.43. The van der Waals surface area contributed by atoms with Gasteiger partial charge in [-0.05, 0) is 20.8 Å². The molecule has 9 heteroatoms. The molecule has 2 aromatic heterocycles. The van der Waals surface area contributed by atoms with Crippen LogP contribution in [0.5, 0.6) is 0 Å². The molecule has 1 atom stereocenters. The van der Waals surface area contributed by atoms with Crippen molar-refractivity contribution in [1.82, 2.24) is 14.7 Å². The summed E-state index contributed by atoms with van der Waals surface area (Å²) in [4.78, 5) is 9.14. The fourth-order valence-corrected chi connectivity index (χ4v) is 4.94. The van der Waals surface area contributed by atoms with Crippen LogP contribution in [-0.4, -0.2) is 18.4 Å². The standard InChI is InChI=1S/C10H14N4O2S3/c1-5-4-12-8(17-5)6(2)14-19(15,16)9-7(3)13-10(11)18-9/h4,6,14H,1-3H3,(H2,11,13). The maximum absolute atomic E-state index is 12.2. The molecule has 0 amide bonds. The summed E-state index contributed by atoms with van der Waals surface area (Å²) < 4.78 is 27.2. The Morgan fingerprint density at radius 1 is 1.37 bits per heavy atom. The first-order valence-corrected chi connectivity index (χ1v) is 8.59. The molecule has 0 fully saturated rings. The first-order chi connectivity index (χ1) is 8.79. The normalized spacial score (nSPS) is 13.6.